The standard InChI is InChI=1S/C16H24N2OS/c1-3-10-18-16(13-17,9-11-20-14(2)12-19)15-7-5-4-6-8-15/h4-8,14,18-19H,3,9-12H2,1-2H3. The second-order valence-corrected chi connectivity index (χ2v) is 6.47. The molecule has 0 fully saturated rings. The third-order valence-electron chi connectivity index (χ3n) is 3.27. The van der Waals surface area contributed by atoms with Crippen molar-refractivity contribution >= 4 is 11.8 Å². The van der Waals surface area contributed by atoms with E-state index in [4.69, 9.17) is 5.11 Å². The van der Waals surface area contributed by atoms with Gasteiger partial charge in [0, 0.05) is 5.25 Å². The fourth-order valence-corrected chi connectivity index (χ4v) is 2.95. The van der Waals surface area contributed by atoms with Crippen LogP contribution in [-0.4, -0.2) is 29.3 Å². The van der Waals surface area contributed by atoms with E-state index in [0.29, 0.717) is 0 Å². The summed E-state index contributed by atoms with van der Waals surface area (Å²) in [5.41, 5.74) is 0.396. The van der Waals surface area contributed by atoms with Gasteiger partial charge in [-0.3, -0.25) is 5.32 Å². The lowest BCUT2D eigenvalue weighted by Crippen LogP contribution is -2.42. The van der Waals surface area contributed by atoms with Crippen molar-refractivity contribution in [2.45, 2.75) is 37.5 Å². The quantitative estimate of drug-likeness (QED) is 0.735. The number of nitrogens with one attached hydrogen (secondary N) is 1. The van der Waals surface area contributed by atoms with E-state index in [2.05, 4.69) is 18.3 Å². The van der Waals surface area contributed by atoms with Crippen LogP contribution in [0.3, 0.4) is 0 Å². The molecule has 0 spiro atoms. The van der Waals surface area contributed by atoms with Crippen molar-refractivity contribution in [3.8, 4) is 6.07 Å². The third-order valence-corrected chi connectivity index (χ3v) is 4.43. The number of rotatable bonds is 9. The van der Waals surface area contributed by atoms with Crippen molar-refractivity contribution < 1.29 is 5.11 Å². The molecule has 2 atom stereocenters. The van der Waals surface area contributed by atoms with Crippen LogP contribution in [0.5, 0.6) is 0 Å². The minimum absolute atomic E-state index is 0.179. The van der Waals surface area contributed by atoms with Gasteiger partial charge in [-0.15, -0.1) is 0 Å². The Hall–Kier alpha value is -1.02. The van der Waals surface area contributed by atoms with Gasteiger partial charge in [-0.25, -0.2) is 0 Å². The van der Waals surface area contributed by atoms with Gasteiger partial charge in [0.05, 0.1) is 12.7 Å². The van der Waals surface area contributed by atoms with Gasteiger partial charge in [0.15, 0.2) is 0 Å². The van der Waals surface area contributed by atoms with Crippen molar-refractivity contribution in [1.82, 2.24) is 5.32 Å². The molecule has 20 heavy (non-hydrogen) atoms. The summed E-state index contributed by atoms with van der Waals surface area (Å²) in [5, 5.41) is 22.4. The van der Waals surface area contributed by atoms with Gasteiger partial charge < -0.3 is 5.11 Å². The summed E-state index contributed by atoms with van der Waals surface area (Å²) >= 11 is 1.71. The zero-order chi connectivity index (χ0) is 14.8. The van der Waals surface area contributed by atoms with Crippen LogP contribution in [-0.2, 0) is 5.54 Å². The summed E-state index contributed by atoms with van der Waals surface area (Å²) < 4.78 is 0. The maximum Gasteiger partial charge on any atom is 0.133 e. The van der Waals surface area contributed by atoms with E-state index in [0.717, 1.165) is 30.7 Å². The van der Waals surface area contributed by atoms with Crippen molar-refractivity contribution in [3.63, 3.8) is 0 Å². The molecule has 0 saturated heterocycles. The molecule has 0 aliphatic rings. The predicted molar refractivity (Wildman–Crippen MR) is 85.6 cm³/mol. The number of aliphatic hydroxyl groups is 1. The molecule has 2 unspecified atom stereocenters. The van der Waals surface area contributed by atoms with Gasteiger partial charge in [0.2, 0.25) is 0 Å². The number of thioether (sulfide) groups is 1. The monoisotopic (exact) mass is 292 g/mol. The molecule has 0 aliphatic carbocycles. The number of hydrogen-bond acceptors (Lipinski definition) is 4. The first-order valence-corrected chi connectivity index (χ1v) is 8.17. The Balaban J connectivity index is 2.81. The third kappa shape index (κ3) is 4.82. The summed E-state index contributed by atoms with van der Waals surface area (Å²) in [5.74, 6) is 0.848. The van der Waals surface area contributed by atoms with E-state index >= 15 is 0 Å². The highest BCUT2D eigenvalue weighted by molar-refractivity contribution is 7.99. The van der Waals surface area contributed by atoms with Crippen LogP contribution < -0.4 is 5.32 Å². The van der Waals surface area contributed by atoms with Crippen LogP contribution >= 0.6 is 11.8 Å². The SMILES string of the molecule is CCCNC(C#N)(CCSC(C)CO)c1ccccc1. The molecule has 2 N–H and O–H groups in total. The molecule has 0 amide bonds. The molecule has 1 aromatic carbocycles. The van der Waals surface area contributed by atoms with E-state index in [-0.39, 0.29) is 11.9 Å². The molecule has 3 nitrogen and oxygen atoms in total. The lowest BCUT2D eigenvalue weighted by atomic mass is 9.88. The first-order chi connectivity index (χ1) is 9.68. The molecule has 0 aromatic heterocycles. The van der Waals surface area contributed by atoms with Gasteiger partial charge >= 0.3 is 0 Å². The highest BCUT2D eigenvalue weighted by Crippen LogP contribution is 2.27. The minimum atomic E-state index is -0.626. The number of nitrogens with zero attached hydrogens (tertiary/aromatic N) is 1. The molecule has 0 aliphatic heterocycles. The topological polar surface area (TPSA) is 56.0 Å². The van der Waals surface area contributed by atoms with Crippen LogP contribution in [0.25, 0.3) is 0 Å². The van der Waals surface area contributed by atoms with Gasteiger partial charge in [-0.05, 0) is 30.7 Å². The second kappa shape index (κ2) is 9.02. The number of hydrogen-bond donors (Lipinski definition) is 2. The average Bonchev–Trinajstić information content (AvgIpc) is 2.51. The van der Waals surface area contributed by atoms with E-state index in [1.165, 1.54) is 0 Å². The fraction of sp³-hybridized carbons (Fsp3) is 0.562. The summed E-state index contributed by atoms with van der Waals surface area (Å²) in [6.07, 6.45) is 1.74. The van der Waals surface area contributed by atoms with Crippen LogP contribution in [0, 0.1) is 11.3 Å². The zero-order valence-corrected chi connectivity index (χ0v) is 13.1. The van der Waals surface area contributed by atoms with Crippen molar-refractivity contribution in [2.75, 3.05) is 18.9 Å². The molecule has 4 heteroatoms. The molecule has 1 rings (SSSR count). The molecule has 0 radical (unpaired) electrons. The first kappa shape index (κ1) is 17.0. The van der Waals surface area contributed by atoms with Gasteiger partial charge in [-0.2, -0.15) is 17.0 Å². The lowest BCUT2D eigenvalue weighted by molar-refractivity contribution is 0.300. The van der Waals surface area contributed by atoms with Crippen LogP contribution in [0.4, 0.5) is 0 Å². The van der Waals surface area contributed by atoms with Crippen LogP contribution in [0.15, 0.2) is 30.3 Å². The van der Waals surface area contributed by atoms with Crippen molar-refractivity contribution in [3.05, 3.63) is 35.9 Å². The highest BCUT2D eigenvalue weighted by atomic mass is 32.2. The first-order valence-electron chi connectivity index (χ1n) is 7.12. The van der Waals surface area contributed by atoms with Crippen molar-refractivity contribution in [2.24, 2.45) is 0 Å². The van der Waals surface area contributed by atoms with Gasteiger partial charge in [0.1, 0.15) is 5.54 Å². The summed E-state index contributed by atoms with van der Waals surface area (Å²) in [6, 6.07) is 12.4. The summed E-state index contributed by atoms with van der Waals surface area (Å²) in [6.45, 7) is 5.10. The molecule has 1 aromatic rings. The van der Waals surface area contributed by atoms with Gasteiger partial charge in [0.25, 0.3) is 0 Å². The summed E-state index contributed by atoms with van der Waals surface area (Å²) in [7, 11) is 0. The maximum atomic E-state index is 9.71. The van der Waals surface area contributed by atoms with E-state index in [1.807, 2.05) is 37.3 Å². The molecular weight excluding hydrogens is 268 g/mol. The predicted octanol–water partition coefficient (Wildman–Crippen LogP) is 2.91. The van der Waals surface area contributed by atoms with Crippen molar-refractivity contribution in [1.29, 1.82) is 5.26 Å². The number of nitriles is 1. The van der Waals surface area contributed by atoms with E-state index < -0.39 is 5.54 Å². The normalized spacial score (nSPS) is 15.3. The number of benzene rings is 1. The maximum absolute atomic E-state index is 9.71. The van der Waals surface area contributed by atoms with E-state index in [1.54, 1.807) is 11.8 Å². The number of aliphatic hydroxyl groups excluding tert-OH is 1. The zero-order valence-electron chi connectivity index (χ0n) is 12.3. The Morgan fingerprint density at radius 2 is 2.10 bits per heavy atom. The Kier molecular flexibility index (Phi) is 7.68. The lowest BCUT2D eigenvalue weighted by Gasteiger charge is -2.29. The second-order valence-electron chi connectivity index (χ2n) is 4.92. The Morgan fingerprint density at radius 3 is 2.65 bits per heavy atom. The highest BCUT2D eigenvalue weighted by Gasteiger charge is 2.31. The minimum Gasteiger partial charge on any atom is -0.395 e. The molecule has 0 bridgehead atoms. The molecule has 0 heterocycles. The smallest absolute Gasteiger partial charge is 0.133 e. The fourth-order valence-electron chi connectivity index (χ4n) is 2.02. The average molecular weight is 292 g/mol. The van der Waals surface area contributed by atoms with Gasteiger partial charge in [-0.1, -0.05) is 44.2 Å². The van der Waals surface area contributed by atoms with Crippen LogP contribution in [0.2, 0.25) is 0 Å². The molecule has 0 saturated carbocycles. The summed E-state index contributed by atoms with van der Waals surface area (Å²) in [4.78, 5) is 0. The molecular formula is C16H24N2OS. The Bertz CT molecular complexity index is 418. The Morgan fingerprint density at radius 1 is 1.40 bits per heavy atom. The van der Waals surface area contributed by atoms with E-state index in [9.17, 15) is 5.26 Å². The molecule has 110 valence electrons. The van der Waals surface area contributed by atoms with Crippen LogP contribution in [0.1, 0.15) is 32.3 Å². The largest absolute Gasteiger partial charge is 0.395 e. The Labute approximate surface area is 126 Å².